The summed E-state index contributed by atoms with van der Waals surface area (Å²) in [6.45, 7) is 8.04. The molecule has 1 aliphatic rings. The molecule has 0 radical (unpaired) electrons. The zero-order chi connectivity index (χ0) is 19.4. The number of thiocarbonyl (C=S) groups is 1. The quantitative estimate of drug-likeness (QED) is 0.736. The number of nitrogens with one attached hydrogen (secondary N) is 2. The summed E-state index contributed by atoms with van der Waals surface area (Å²) in [5, 5.41) is 6.88. The Hall–Kier alpha value is -2.40. The van der Waals surface area contributed by atoms with Crippen molar-refractivity contribution in [1.82, 2.24) is 4.90 Å². The van der Waals surface area contributed by atoms with Crippen LogP contribution in [-0.2, 0) is 0 Å². The van der Waals surface area contributed by atoms with E-state index in [4.69, 9.17) is 12.2 Å². The molecule has 1 fully saturated rings. The van der Waals surface area contributed by atoms with Gasteiger partial charge >= 0.3 is 0 Å². The van der Waals surface area contributed by atoms with Gasteiger partial charge in [-0.3, -0.25) is 4.79 Å². The number of rotatable bonds is 3. The van der Waals surface area contributed by atoms with Crippen LogP contribution in [0.1, 0.15) is 41.3 Å². The van der Waals surface area contributed by atoms with Gasteiger partial charge in [-0.05, 0) is 80.2 Å². The first kappa shape index (κ1) is 19.4. The molecule has 1 amide bonds. The minimum absolute atomic E-state index is 0.0685. The number of anilines is 2. The molecule has 0 aromatic heterocycles. The van der Waals surface area contributed by atoms with Crippen LogP contribution in [0.15, 0.2) is 42.5 Å². The van der Waals surface area contributed by atoms with Gasteiger partial charge in [0.05, 0.1) is 11.3 Å². The second-order valence-electron chi connectivity index (χ2n) is 7.40. The van der Waals surface area contributed by atoms with Gasteiger partial charge in [0, 0.05) is 18.8 Å². The molecule has 0 unspecified atom stereocenters. The smallest absolute Gasteiger partial charge is 0.255 e. The fraction of sp³-hybridized carbons (Fsp3) is 0.364. The average Bonchev–Trinajstić information content (AvgIpc) is 2.65. The number of nitrogens with zero attached hydrogens (tertiary/aromatic N) is 1. The van der Waals surface area contributed by atoms with Gasteiger partial charge in [-0.15, -0.1) is 0 Å². The van der Waals surface area contributed by atoms with Crippen LogP contribution in [0.4, 0.5) is 11.4 Å². The third-order valence-corrected chi connectivity index (χ3v) is 5.45. The van der Waals surface area contributed by atoms with E-state index in [-0.39, 0.29) is 5.91 Å². The fourth-order valence-corrected chi connectivity index (χ4v) is 3.49. The van der Waals surface area contributed by atoms with Crippen molar-refractivity contribution >= 4 is 34.6 Å². The molecule has 5 heteroatoms. The molecular formula is C22H27N3OS. The lowest BCUT2D eigenvalue weighted by Crippen LogP contribution is -2.38. The molecule has 0 saturated carbocycles. The summed E-state index contributed by atoms with van der Waals surface area (Å²) in [6.07, 6.45) is 2.13. The summed E-state index contributed by atoms with van der Waals surface area (Å²) < 4.78 is 0. The SMILES string of the molecule is Cc1ccc(NC(=S)Nc2ccccc2C(=O)N2CCC(C)CC2)cc1C. The van der Waals surface area contributed by atoms with Crippen LogP contribution in [0.25, 0.3) is 0 Å². The Bertz CT molecular complexity index is 841. The van der Waals surface area contributed by atoms with Crippen molar-refractivity contribution in [3.05, 3.63) is 59.2 Å². The molecular weight excluding hydrogens is 354 g/mol. The van der Waals surface area contributed by atoms with Crippen LogP contribution in [-0.4, -0.2) is 29.0 Å². The van der Waals surface area contributed by atoms with Crippen LogP contribution in [0.3, 0.4) is 0 Å². The van der Waals surface area contributed by atoms with Gasteiger partial charge in [0.25, 0.3) is 5.91 Å². The highest BCUT2D eigenvalue weighted by Crippen LogP contribution is 2.22. The first-order chi connectivity index (χ1) is 12.9. The standard InChI is InChI=1S/C22H27N3OS/c1-15-10-12-25(13-11-15)21(26)19-6-4-5-7-20(19)24-22(27)23-18-9-8-16(2)17(3)14-18/h4-9,14-15H,10-13H2,1-3H3,(H2,23,24,27). The molecule has 142 valence electrons. The van der Waals surface area contributed by atoms with Gasteiger partial charge in [0.2, 0.25) is 0 Å². The van der Waals surface area contributed by atoms with Crippen molar-refractivity contribution in [2.45, 2.75) is 33.6 Å². The van der Waals surface area contributed by atoms with E-state index in [2.05, 4.69) is 43.5 Å². The molecule has 0 bridgehead atoms. The summed E-state index contributed by atoms with van der Waals surface area (Å²) >= 11 is 5.47. The summed E-state index contributed by atoms with van der Waals surface area (Å²) in [6, 6.07) is 13.7. The van der Waals surface area contributed by atoms with Gasteiger partial charge < -0.3 is 15.5 Å². The highest BCUT2D eigenvalue weighted by molar-refractivity contribution is 7.80. The highest BCUT2D eigenvalue weighted by Gasteiger charge is 2.23. The van der Waals surface area contributed by atoms with Crippen molar-refractivity contribution in [1.29, 1.82) is 0 Å². The summed E-state index contributed by atoms with van der Waals surface area (Å²) in [5.41, 5.74) is 4.78. The van der Waals surface area contributed by atoms with Crippen molar-refractivity contribution in [3.63, 3.8) is 0 Å². The molecule has 0 atom stereocenters. The van der Waals surface area contributed by atoms with Gasteiger partial charge in [0.15, 0.2) is 5.11 Å². The first-order valence-corrected chi connectivity index (χ1v) is 9.88. The predicted octanol–water partition coefficient (Wildman–Crippen LogP) is 4.98. The van der Waals surface area contributed by atoms with E-state index in [1.165, 1.54) is 11.1 Å². The lowest BCUT2D eigenvalue weighted by Gasteiger charge is -2.31. The number of piperidine rings is 1. The minimum Gasteiger partial charge on any atom is -0.339 e. The first-order valence-electron chi connectivity index (χ1n) is 9.47. The number of para-hydroxylation sites is 1. The Morgan fingerprint density at radius 3 is 2.44 bits per heavy atom. The molecule has 3 rings (SSSR count). The normalized spacial score (nSPS) is 14.7. The van der Waals surface area contributed by atoms with Gasteiger partial charge in [0.1, 0.15) is 0 Å². The van der Waals surface area contributed by atoms with Gasteiger partial charge in [-0.2, -0.15) is 0 Å². The molecule has 4 nitrogen and oxygen atoms in total. The zero-order valence-electron chi connectivity index (χ0n) is 16.2. The average molecular weight is 382 g/mol. The topological polar surface area (TPSA) is 44.4 Å². The molecule has 1 aliphatic heterocycles. The number of carbonyl (C=O) groups excluding carboxylic acids is 1. The maximum Gasteiger partial charge on any atom is 0.255 e. The lowest BCUT2D eigenvalue weighted by atomic mass is 9.98. The monoisotopic (exact) mass is 381 g/mol. The highest BCUT2D eigenvalue weighted by atomic mass is 32.1. The number of amides is 1. The van der Waals surface area contributed by atoms with Crippen LogP contribution in [0.2, 0.25) is 0 Å². The van der Waals surface area contributed by atoms with Gasteiger partial charge in [-0.25, -0.2) is 0 Å². The minimum atomic E-state index is 0.0685. The maximum absolute atomic E-state index is 13.0. The third kappa shape index (κ3) is 4.86. The summed E-state index contributed by atoms with van der Waals surface area (Å²) in [4.78, 5) is 14.9. The van der Waals surface area contributed by atoms with E-state index in [1.807, 2.05) is 35.2 Å². The number of hydrogen-bond acceptors (Lipinski definition) is 2. The summed E-state index contributed by atoms with van der Waals surface area (Å²) in [5.74, 6) is 0.760. The van der Waals surface area contributed by atoms with Crippen molar-refractivity contribution in [2.24, 2.45) is 5.92 Å². The van der Waals surface area contributed by atoms with E-state index in [0.717, 1.165) is 37.3 Å². The largest absolute Gasteiger partial charge is 0.339 e. The predicted molar refractivity (Wildman–Crippen MR) is 117 cm³/mol. The van der Waals surface area contributed by atoms with E-state index in [9.17, 15) is 4.79 Å². The Morgan fingerprint density at radius 1 is 1.04 bits per heavy atom. The van der Waals surface area contributed by atoms with Gasteiger partial charge in [-0.1, -0.05) is 25.1 Å². The molecule has 0 aliphatic carbocycles. The molecule has 2 aromatic carbocycles. The van der Waals surface area contributed by atoms with E-state index in [0.29, 0.717) is 16.6 Å². The molecule has 1 saturated heterocycles. The third-order valence-electron chi connectivity index (χ3n) is 5.24. The fourth-order valence-electron chi connectivity index (χ4n) is 3.26. The van der Waals surface area contributed by atoms with Crippen LogP contribution in [0.5, 0.6) is 0 Å². The second kappa shape index (κ2) is 8.53. The van der Waals surface area contributed by atoms with Crippen molar-refractivity contribution < 1.29 is 4.79 Å². The van der Waals surface area contributed by atoms with Crippen molar-refractivity contribution in [2.75, 3.05) is 23.7 Å². The summed E-state index contributed by atoms with van der Waals surface area (Å²) in [7, 11) is 0. The maximum atomic E-state index is 13.0. The number of benzene rings is 2. The Labute approximate surface area is 167 Å². The molecule has 1 heterocycles. The lowest BCUT2D eigenvalue weighted by molar-refractivity contribution is 0.0698. The van der Waals surface area contributed by atoms with E-state index < -0.39 is 0 Å². The number of hydrogen-bond donors (Lipinski definition) is 2. The van der Waals surface area contributed by atoms with E-state index in [1.54, 1.807) is 0 Å². The number of carbonyl (C=O) groups is 1. The molecule has 0 spiro atoms. The molecule has 27 heavy (non-hydrogen) atoms. The number of likely N-dealkylation sites (tertiary alicyclic amines) is 1. The Morgan fingerprint density at radius 2 is 1.74 bits per heavy atom. The molecule has 2 aromatic rings. The second-order valence-corrected chi connectivity index (χ2v) is 7.81. The zero-order valence-corrected chi connectivity index (χ0v) is 17.0. The van der Waals surface area contributed by atoms with Crippen LogP contribution < -0.4 is 10.6 Å². The van der Waals surface area contributed by atoms with Crippen LogP contribution in [0, 0.1) is 19.8 Å². The van der Waals surface area contributed by atoms with Crippen LogP contribution >= 0.6 is 12.2 Å². The van der Waals surface area contributed by atoms with E-state index >= 15 is 0 Å². The number of aryl methyl sites for hydroxylation is 2. The van der Waals surface area contributed by atoms with Crippen molar-refractivity contribution in [3.8, 4) is 0 Å². The Balaban J connectivity index is 1.70. The molecule has 2 N–H and O–H groups in total. The Kier molecular flexibility index (Phi) is 6.11.